The Bertz CT molecular complexity index is 1120. The van der Waals surface area contributed by atoms with Crippen LogP contribution in [0.25, 0.3) is 0 Å². The third-order valence-corrected chi connectivity index (χ3v) is 4.72. The zero-order valence-corrected chi connectivity index (χ0v) is 15.5. The van der Waals surface area contributed by atoms with Crippen LogP contribution in [0.4, 0.5) is 11.4 Å². The van der Waals surface area contributed by atoms with E-state index in [1.165, 1.54) is 12.1 Å². The molecule has 1 heterocycles. The van der Waals surface area contributed by atoms with E-state index in [0.29, 0.717) is 22.5 Å². The smallest absolute Gasteiger partial charge is 0.266 e. The molecule has 138 valence electrons. The molecule has 1 N–H and O–H groups in total. The lowest BCUT2D eigenvalue weighted by Gasteiger charge is -2.14. The lowest BCUT2D eigenvalue weighted by Crippen LogP contribution is -2.29. The van der Waals surface area contributed by atoms with Crippen LogP contribution in [0.15, 0.2) is 66.7 Å². The summed E-state index contributed by atoms with van der Waals surface area (Å²) in [6, 6.07) is 19.2. The summed E-state index contributed by atoms with van der Waals surface area (Å²) < 4.78 is 0. The highest BCUT2D eigenvalue weighted by Gasteiger charge is 2.37. The zero-order valence-electron chi connectivity index (χ0n) is 15.5. The Balaban J connectivity index is 1.63. The summed E-state index contributed by atoms with van der Waals surface area (Å²) in [7, 11) is 0. The summed E-state index contributed by atoms with van der Waals surface area (Å²) in [5, 5.41) is 2.80. The molecule has 0 fully saturated rings. The van der Waals surface area contributed by atoms with E-state index in [0.717, 1.165) is 16.0 Å². The predicted molar refractivity (Wildman–Crippen MR) is 108 cm³/mol. The number of carbonyl (C=O) groups is 3. The molecule has 3 aromatic rings. The van der Waals surface area contributed by atoms with Gasteiger partial charge in [0.25, 0.3) is 17.7 Å². The van der Waals surface area contributed by atoms with Gasteiger partial charge in [0.15, 0.2) is 0 Å². The Labute approximate surface area is 162 Å². The van der Waals surface area contributed by atoms with Gasteiger partial charge in [0.2, 0.25) is 0 Å². The van der Waals surface area contributed by atoms with Crippen LogP contribution < -0.4 is 10.2 Å². The minimum absolute atomic E-state index is 0.239. The number of rotatable bonds is 3. The van der Waals surface area contributed by atoms with E-state index in [9.17, 15) is 14.4 Å². The van der Waals surface area contributed by atoms with Gasteiger partial charge in [-0.1, -0.05) is 29.8 Å². The largest absolute Gasteiger partial charge is 0.322 e. The van der Waals surface area contributed by atoms with Gasteiger partial charge in [-0.3, -0.25) is 14.4 Å². The minimum atomic E-state index is -0.421. The number of anilines is 2. The normalized spacial score (nSPS) is 12.9. The average Bonchev–Trinajstić information content (AvgIpc) is 2.93. The standard InChI is InChI=1S/C23H18N2O3/c1-14-6-9-17(10-7-14)24-21(26)16-8-11-19-20(13-16)23(28)25(22(19)27)18-5-3-4-15(2)12-18/h3-13H,1-2H3,(H,24,26). The number of hydrogen-bond donors (Lipinski definition) is 1. The highest BCUT2D eigenvalue weighted by Crippen LogP contribution is 2.29. The van der Waals surface area contributed by atoms with Crippen molar-refractivity contribution in [3.8, 4) is 0 Å². The molecular formula is C23H18N2O3. The van der Waals surface area contributed by atoms with Crippen molar-refractivity contribution >= 4 is 29.1 Å². The van der Waals surface area contributed by atoms with Crippen LogP contribution in [-0.4, -0.2) is 17.7 Å². The molecule has 5 heteroatoms. The van der Waals surface area contributed by atoms with Gasteiger partial charge in [0.1, 0.15) is 0 Å². The van der Waals surface area contributed by atoms with E-state index in [2.05, 4.69) is 5.32 Å². The Morgan fingerprint density at radius 3 is 2.21 bits per heavy atom. The van der Waals surface area contributed by atoms with Gasteiger partial charge in [-0.05, 0) is 61.9 Å². The van der Waals surface area contributed by atoms with Gasteiger partial charge in [-0.15, -0.1) is 0 Å². The van der Waals surface area contributed by atoms with Crippen LogP contribution in [0, 0.1) is 13.8 Å². The van der Waals surface area contributed by atoms with Crippen LogP contribution in [0.2, 0.25) is 0 Å². The monoisotopic (exact) mass is 370 g/mol. The zero-order chi connectivity index (χ0) is 19.8. The summed E-state index contributed by atoms with van der Waals surface area (Å²) in [4.78, 5) is 39.3. The minimum Gasteiger partial charge on any atom is -0.322 e. The van der Waals surface area contributed by atoms with Crippen LogP contribution in [0.5, 0.6) is 0 Å². The van der Waals surface area contributed by atoms with Gasteiger partial charge >= 0.3 is 0 Å². The number of nitrogens with one attached hydrogen (secondary N) is 1. The Hall–Kier alpha value is -3.73. The van der Waals surface area contributed by atoms with E-state index < -0.39 is 5.91 Å². The molecule has 0 saturated heterocycles. The number of imide groups is 1. The number of nitrogens with zero attached hydrogens (tertiary/aromatic N) is 1. The molecule has 4 rings (SSSR count). The first kappa shape index (κ1) is 17.7. The second-order valence-corrected chi connectivity index (χ2v) is 6.87. The molecule has 0 unspecified atom stereocenters. The van der Waals surface area contributed by atoms with E-state index in [1.807, 2.05) is 44.2 Å². The summed E-state index contributed by atoms with van der Waals surface area (Å²) >= 11 is 0. The Morgan fingerprint density at radius 2 is 1.50 bits per heavy atom. The number of benzene rings is 3. The lowest BCUT2D eigenvalue weighted by atomic mass is 10.1. The molecule has 0 aromatic heterocycles. The van der Waals surface area contributed by atoms with Gasteiger partial charge in [0, 0.05) is 11.3 Å². The first-order valence-corrected chi connectivity index (χ1v) is 8.91. The average molecular weight is 370 g/mol. The van der Waals surface area contributed by atoms with Crippen molar-refractivity contribution in [2.75, 3.05) is 10.2 Å². The van der Waals surface area contributed by atoms with Crippen molar-refractivity contribution in [2.45, 2.75) is 13.8 Å². The molecule has 0 spiro atoms. The van der Waals surface area contributed by atoms with Crippen molar-refractivity contribution in [1.29, 1.82) is 0 Å². The number of carbonyl (C=O) groups excluding carboxylic acids is 3. The maximum atomic E-state index is 12.9. The quantitative estimate of drug-likeness (QED) is 0.697. The van der Waals surface area contributed by atoms with Crippen LogP contribution in [-0.2, 0) is 0 Å². The van der Waals surface area contributed by atoms with Crippen molar-refractivity contribution < 1.29 is 14.4 Å². The molecular weight excluding hydrogens is 352 g/mol. The topological polar surface area (TPSA) is 66.5 Å². The van der Waals surface area contributed by atoms with Crippen LogP contribution in [0.1, 0.15) is 42.2 Å². The second kappa shape index (κ2) is 6.78. The molecule has 3 aromatic carbocycles. The predicted octanol–water partition coefficient (Wildman–Crippen LogP) is 4.36. The summed E-state index contributed by atoms with van der Waals surface area (Å²) in [6.07, 6.45) is 0. The first-order valence-electron chi connectivity index (χ1n) is 8.91. The number of hydrogen-bond acceptors (Lipinski definition) is 3. The van der Waals surface area contributed by atoms with Crippen LogP contribution >= 0.6 is 0 Å². The second-order valence-electron chi connectivity index (χ2n) is 6.87. The van der Waals surface area contributed by atoms with Gasteiger partial charge in [0.05, 0.1) is 16.8 Å². The third kappa shape index (κ3) is 3.07. The molecule has 28 heavy (non-hydrogen) atoms. The molecule has 1 aliphatic rings. The van der Waals surface area contributed by atoms with Crippen molar-refractivity contribution in [3.05, 3.63) is 94.5 Å². The number of aryl methyl sites for hydroxylation is 2. The van der Waals surface area contributed by atoms with Crippen molar-refractivity contribution in [3.63, 3.8) is 0 Å². The van der Waals surface area contributed by atoms with E-state index in [1.54, 1.807) is 24.3 Å². The fourth-order valence-electron chi connectivity index (χ4n) is 3.22. The molecule has 1 aliphatic heterocycles. The van der Waals surface area contributed by atoms with Gasteiger partial charge in [-0.25, -0.2) is 4.90 Å². The summed E-state index contributed by atoms with van der Waals surface area (Å²) in [5.74, 6) is -1.13. The van der Waals surface area contributed by atoms with E-state index >= 15 is 0 Å². The fourth-order valence-corrected chi connectivity index (χ4v) is 3.22. The van der Waals surface area contributed by atoms with Crippen molar-refractivity contribution in [2.24, 2.45) is 0 Å². The highest BCUT2D eigenvalue weighted by molar-refractivity contribution is 6.34. The molecule has 0 aliphatic carbocycles. The fraction of sp³-hybridized carbons (Fsp3) is 0.0870. The van der Waals surface area contributed by atoms with Crippen LogP contribution in [0.3, 0.4) is 0 Å². The SMILES string of the molecule is Cc1ccc(NC(=O)c2ccc3c(c2)C(=O)N(c2cccc(C)c2)C3=O)cc1. The maximum Gasteiger partial charge on any atom is 0.266 e. The van der Waals surface area contributed by atoms with Crippen molar-refractivity contribution in [1.82, 2.24) is 0 Å². The molecule has 0 atom stereocenters. The van der Waals surface area contributed by atoms with E-state index in [-0.39, 0.29) is 17.4 Å². The van der Waals surface area contributed by atoms with Gasteiger partial charge in [-0.2, -0.15) is 0 Å². The molecule has 0 bridgehead atoms. The first-order chi connectivity index (χ1) is 13.4. The Morgan fingerprint density at radius 1 is 0.786 bits per heavy atom. The molecule has 0 radical (unpaired) electrons. The van der Waals surface area contributed by atoms with E-state index in [4.69, 9.17) is 0 Å². The number of amides is 3. The Kier molecular flexibility index (Phi) is 4.28. The molecule has 0 saturated carbocycles. The lowest BCUT2D eigenvalue weighted by molar-refractivity contribution is 0.0925. The maximum absolute atomic E-state index is 12.9. The third-order valence-electron chi connectivity index (χ3n) is 4.72. The summed E-state index contributed by atoms with van der Waals surface area (Å²) in [6.45, 7) is 3.86. The summed E-state index contributed by atoms with van der Waals surface area (Å²) in [5.41, 5.74) is 4.10. The highest BCUT2D eigenvalue weighted by atomic mass is 16.2. The number of fused-ring (bicyclic) bond motifs is 1. The van der Waals surface area contributed by atoms with Gasteiger partial charge < -0.3 is 5.32 Å². The molecule has 3 amide bonds. The molecule has 5 nitrogen and oxygen atoms in total.